The summed E-state index contributed by atoms with van der Waals surface area (Å²) in [7, 11) is 0. The van der Waals surface area contributed by atoms with Crippen LogP contribution in [-0.2, 0) is 4.79 Å². The third-order valence-corrected chi connectivity index (χ3v) is 4.11. The van der Waals surface area contributed by atoms with Crippen LogP contribution < -0.4 is 15.5 Å². The van der Waals surface area contributed by atoms with Gasteiger partial charge in [-0.15, -0.1) is 0 Å². The van der Waals surface area contributed by atoms with E-state index in [0.717, 1.165) is 17.6 Å². The summed E-state index contributed by atoms with van der Waals surface area (Å²) in [5.41, 5.74) is 0. The number of amides is 3. The molecule has 2 N–H and O–H groups in total. The standard InChI is InChI=1S/C14H21BrN6O2/c1-3-16-14(23)19-12(22)10(2)20-4-6-21(7-5-20)13-17-8-11(15)9-18-13/h8-10H,3-7H2,1-2H3,(H2,16,19,22,23)/t10-/m1/s1. The van der Waals surface area contributed by atoms with E-state index < -0.39 is 6.03 Å². The number of piperazine rings is 1. The average Bonchev–Trinajstić information content (AvgIpc) is 2.55. The second-order valence-corrected chi connectivity index (χ2v) is 6.16. The molecule has 9 heteroatoms. The highest BCUT2D eigenvalue weighted by molar-refractivity contribution is 9.10. The summed E-state index contributed by atoms with van der Waals surface area (Å²) in [5, 5.41) is 4.90. The number of hydrogen-bond donors (Lipinski definition) is 2. The first-order chi connectivity index (χ1) is 11.0. The first kappa shape index (κ1) is 17.6. The molecule has 1 atom stereocenters. The first-order valence-electron chi connectivity index (χ1n) is 7.56. The highest BCUT2D eigenvalue weighted by Gasteiger charge is 2.27. The Morgan fingerprint density at radius 1 is 1.26 bits per heavy atom. The molecule has 1 saturated heterocycles. The lowest BCUT2D eigenvalue weighted by Crippen LogP contribution is -2.55. The van der Waals surface area contributed by atoms with Gasteiger partial charge < -0.3 is 10.2 Å². The maximum Gasteiger partial charge on any atom is 0.321 e. The molecular weight excluding hydrogens is 364 g/mol. The van der Waals surface area contributed by atoms with E-state index in [1.807, 2.05) is 4.90 Å². The number of hydrogen-bond acceptors (Lipinski definition) is 6. The van der Waals surface area contributed by atoms with Gasteiger partial charge >= 0.3 is 6.03 Å². The fraction of sp³-hybridized carbons (Fsp3) is 0.571. The van der Waals surface area contributed by atoms with Crippen molar-refractivity contribution in [2.75, 3.05) is 37.6 Å². The van der Waals surface area contributed by atoms with Crippen LogP contribution in [0.25, 0.3) is 0 Å². The Kier molecular flexibility index (Phi) is 6.28. The third-order valence-electron chi connectivity index (χ3n) is 3.71. The predicted octanol–water partition coefficient (Wildman–Crippen LogP) is 0.595. The van der Waals surface area contributed by atoms with Crippen molar-refractivity contribution in [3.63, 3.8) is 0 Å². The van der Waals surface area contributed by atoms with Gasteiger partial charge in [0.1, 0.15) is 0 Å². The lowest BCUT2D eigenvalue weighted by atomic mass is 10.2. The van der Waals surface area contributed by atoms with Crippen LogP contribution in [0.5, 0.6) is 0 Å². The van der Waals surface area contributed by atoms with Gasteiger partial charge in [-0.2, -0.15) is 0 Å². The van der Waals surface area contributed by atoms with Crippen molar-refractivity contribution in [1.29, 1.82) is 0 Å². The van der Waals surface area contributed by atoms with Gasteiger partial charge in [0.05, 0.1) is 10.5 Å². The van der Waals surface area contributed by atoms with E-state index in [1.165, 1.54) is 0 Å². The summed E-state index contributed by atoms with van der Waals surface area (Å²) in [6, 6.07) is -0.808. The van der Waals surface area contributed by atoms with Crippen molar-refractivity contribution in [2.24, 2.45) is 0 Å². The van der Waals surface area contributed by atoms with Crippen molar-refractivity contribution in [3.05, 3.63) is 16.9 Å². The molecule has 0 saturated carbocycles. The second-order valence-electron chi connectivity index (χ2n) is 5.25. The van der Waals surface area contributed by atoms with E-state index in [1.54, 1.807) is 26.2 Å². The molecule has 0 aliphatic carbocycles. The zero-order valence-electron chi connectivity index (χ0n) is 13.3. The quantitative estimate of drug-likeness (QED) is 0.789. The van der Waals surface area contributed by atoms with Gasteiger partial charge in [0.15, 0.2) is 0 Å². The minimum atomic E-state index is -0.453. The molecule has 1 aromatic heterocycles. The predicted molar refractivity (Wildman–Crippen MR) is 90.2 cm³/mol. The van der Waals surface area contributed by atoms with Crippen LogP contribution in [0.4, 0.5) is 10.7 Å². The summed E-state index contributed by atoms with van der Waals surface area (Å²) in [4.78, 5) is 36.2. The van der Waals surface area contributed by atoms with Crippen molar-refractivity contribution in [3.8, 4) is 0 Å². The van der Waals surface area contributed by atoms with E-state index in [0.29, 0.717) is 25.6 Å². The number of nitrogens with zero attached hydrogens (tertiary/aromatic N) is 4. The largest absolute Gasteiger partial charge is 0.338 e. The smallest absolute Gasteiger partial charge is 0.321 e. The minimum Gasteiger partial charge on any atom is -0.338 e. The number of carbonyl (C=O) groups excluding carboxylic acids is 2. The molecule has 1 aromatic rings. The highest BCUT2D eigenvalue weighted by Crippen LogP contribution is 2.14. The van der Waals surface area contributed by atoms with Crippen LogP contribution >= 0.6 is 15.9 Å². The van der Waals surface area contributed by atoms with Crippen molar-refractivity contribution in [2.45, 2.75) is 19.9 Å². The number of rotatable bonds is 4. The summed E-state index contributed by atoms with van der Waals surface area (Å²) in [6.45, 7) is 6.99. The SMILES string of the molecule is CCNC(=O)NC(=O)[C@@H](C)N1CCN(c2ncc(Br)cn2)CC1. The molecule has 0 bridgehead atoms. The van der Waals surface area contributed by atoms with Crippen LogP contribution in [0.2, 0.25) is 0 Å². The van der Waals surface area contributed by atoms with E-state index >= 15 is 0 Å². The van der Waals surface area contributed by atoms with E-state index in [9.17, 15) is 9.59 Å². The van der Waals surface area contributed by atoms with E-state index in [-0.39, 0.29) is 11.9 Å². The molecule has 1 fully saturated rings. The van der Waals surface area contributed by atoms with Gasteiger partial charge in [-0.05, 0) is 29.8 Å². The van der Waals surface area contributed by atoms with Crippen molar-refractivity contribution >= 4 is 33.8 Å². The summed E-state index contributed by atoms with van der Waals surface area (Å²) in [5.74, 6) is 0.400. The van der Waals surface area contributed by atoms with Crippen LogP contribution in [0.15, 0.2) is 16.9 Å². The Balaban J connectivity index is 1.84. The first-order valence-corrected chi connectivity index (χ1v) is 8.35. The fourth-order valence-corrected chi connectivity index (χ4v) is 2.57. The third kappa shape index (κ3) is 4.87. The van der Waals surface area contributed by atoms with Crippen molar-refractivity contribution in [1.82, 2.24) is 25.5 Å². The monoisotopic (exact) mass is 384 g/mol. The Hall–Kier alpha value is -1.74. The molecule has 0 unspecified atom stereocenters. The Labute approximate surface area is 143 Å². The summed E-state index contributed by atoms with van der Waals surface area (Å²) < 4.78 is 0.843. The van der Waals surface area contributed by atoms with E-state index in [4.69, 9.17) is 0 Å². The molecule has 0 aromatic carbocycles. The number of halogens is 1. The lowest BCUT2D eigenvalue weighted by molar-refractivity contribution is -0.124. The van der Waals surface area contributed by atoms with Crippen LogP contribution in [-0.4, -0.2) is 65.6 Å². The van der Waals surface area contributed by atoms with Crippen molar-refractivity contribution < 1.29 is 9.59 Å². The molecule has 126 valence electrons. The number of anilines is 1. The summed E-state index contributed by atoms with van der Waals surface area (Å²) >= 11 is 3.32. The maximum atomic E-state index is 12.1. The molecule has 2 heterocycles. The van der Waals surface area contributed by atoms with Gasteiger partial charge in [0.25, 0.3) is 0 Å². The highest BCUT2D eigenvalue weighted by atomic mass is 79.9. The number of imide groups is 1. The van der Waals surface area contributed by atoms with Gasteiger partial charge in [-0.3, -0.25) is 15.0 Å². The Morgan fingerprint density at radius 3 is 2.43 bits per heavy atom. The number of carbonyl (C=O) groups is 2. The zero-order valence-corrected chi connectivity index (χ0v) is 14.8. The number of nitrogens with one attached hydrogen (secondary N) is 2. The molecular formula is C14H21BrN6O2. The van der Waals surface area contributed by atoms with E-state index in [2.05, 4.69) is 41.4 Å². The van der Waals surface area contributed by atoms with Crippen LogP contribution in [0, 0.1) is 0 Å². The number of aromatic nitrogens is 2. The Morgan fingerprint density at radius 2 is 1.87 bits per heavy atom. The van der Waals surface area contributed by atoms with Gasteiger partial charge in [-0.25, -0.2) is 14.8 Å². The average molecular weight is 385 g/mol. The molecule has 2 rings (SSSR count). The molecule has 3 amide bonds. The van der Waals surface area contributed by atoms with Gasteiger partial charge in [0, 0.05) is 45.1 Å². The van der Waals surface area contributed by atoms with Gasteiger partial charge in [0.2, 0.25) is 11.9 Å². The van der Waals surface area contributed by atoms with Gasteiger partial charge in [-0.1, -0.05) is 0 Å². The number of urea groups is 1. The topological polar surface area (TPSA) is 90.5 Å². The Bertz CT molecular complexity index is 545. The molecule has 8 nitrogen and oxygen atoms in total. The minimum absolute atomic E-state index is 0.288. The van der Waals surface area contributed by atoms with Crippen LogP contribution in [0.3, 0.4) is 0 Å². The molecule has 23 heavy (non-hydrogen) atoms. The maximum absolute atomic E-state index is 12.1. The molecule has 0 radical (unpaired) electrons. The second kappa shape index (κ2) is 8.21. The molecule has 1 aliphatic rings. The summed E-state index contributed by atoms with van der Waals surface area (Å²) in [6.07, 6.45) is 3.44. The van der Waals surface area contributed by atoms with Crippen LogP contribution in [0.1, 0.15) is 13.8 Å². The lowest BCUT2D eigenvalue weighted by Gasteiger charge is -2.37. The zero-order chi connectivity index (χ0) is 16.8. The molecule has 0 spiro atoms. The fourth-order valence-electron chi connectivity index (χ4n) is 2.36. The molecule has 1 aliphatic heterocycles. The normalized spacial score (nSPS) is 16.7.